The molecule has 21 heavy (non-hydrogen) atoms. The van der Waals surface area contributed by atoms with Crippen LogP contribution in [0.4, 0.5) is 0 Å². The summed E-state index contributed by atoms with van der Waals surface area (Å²) in [5.74, 6) is 0.328. The summed E-state index contributed by atoms with van der Waals surface area (Å²) in [6.45, 7) is 3.11. The van der Waals surface area contributed by atoms with Crippen LogP contribution in [0, 0.1) is 0 Å². The van der Waals surface area contributed by atoms with Crippen molar-refractivity contribution in [3.05, 3.63) is 24.3 Å². The monoisotopic (exact) mass is 312 g/mol. The molecule has 1 aliphatic heterocycles. The summed E-state index contributed by atoms with van der Waals surface area (Å²) in [5.41, 5.74) is 0. The molecule has 0 atom stereocenters. The molecule has 1 aliphatic rings. The normalized spacial score (nSPS) is 17.6. The lowest BCUT2D eigenvalue weighted by Crippen LogP contribution is -2.38. The molecule has 1 aromatic rings. The molecule has 6 nitrogen and oxygen atoms in total. The topological polar surface area (TPSA) is 66.9 Å². The highest BCUT2D eigenvalue weighted by atomic mass is 32.2. The third-order valence-corrected chi connectivity index (χ3v) is 5.23. The van der Waals surface area contributed by atoms with Gasteiger partial charge in [-0.25, -0.2) is 8.42 Å². The molecule has 1 aromatic carbocycles. The number of rotatable bonds is 4. The molecule has 1 fully saturated rings. The quantitative estimate of drug-likeness (QED) is 0.830. The molecule has 0 aromatic heterocycles. The Labute approximate surface area is 125 Å². The third-order valence-electron chi connectivity index (χ3n) is 3.39. The SMILES string of the molecule is CCOc1cccc(S(=O)(=O)N2CCCN(C)C(=O)C2)c1. The van der Waals surface area contributed by atoms with Gasteiger partial charge < -0.3 is 9.64 Å². The van der Waals surface area contributed by atoms with E-state index in [-0.39, 0.29) is 17.3 Å². The molecule has 0 bridgehead atoms. The van der Waals surface area contributed by atoms with Gasteiger partial charge in [0.1, 0.15) is 5.75 Å². The van der Waals surface area contributed by atoms with Gasteiger partial charge in [-0.2, -0.15) is 4.31 Å². The van der Waals surface area contributed by atoms with E-state index in [1.54, 1.807) is 24.1 Å². The lowest BCUT2D eigenvalue weighted by atomic mass is 10.3. The van der Waals surface area contributed by atoms with Crippen LogP contribution in [0.3, 0.4) is 0 Å². The maximum Gasteiger partial charge on any atom is 0.243 e. The summed E-state index contributed by atoms with van der Waals surface area (Å²) < 4.78 is 31.9. The number of hydrogen-bond donors (Lipinski definition) is 0. The number of amides is 1. The van der Waals surface area contributed by atoms with Crippen LogP contribution in [0.1, 0.15) is 13.3 Å². The molecule has 7 heteroatoms. The predicted octanol–water partition coefficient (Wildman–Crippen LogP) is 0.938. The molecule has 0 radical (unpaired) electrons. The molecule has 1 amide bonds. The van der Waals surface area contributed by atoms with Crippen LogP contribution in [0.25, 0.3) is 0 Å². The van der Waals surface area contributed by atoms with Crippen LogP contribution in [0.5, 0.6) is 5.75 Å². The molecular formula is C14H20N2O4S. The van der Waals surface area contributed by atoms with Crippen LogP contribution in [-0.2, 0) is 14.8 Å². The zero-order chi connectivity index (χ0) is 15.5. The Morgan fingerprint density at radius 3 is 2.76 bits per heavy atom. The van der Waals surface area contributed by atoms with E-state index in [1.165, 1.54) is 16.4 Å². The van der Waals surface area contributed by atoms with Crippen LogP contribution in [-0.4, -0.2) is 56.8 Å². The fraction of sp³-hybridized carbons (Fsp3) is 0.500. The summed E-state index contributed by atoms with van der Waals surface area (Å²) in [6, 6.07) is 6.38. The number of benzene rings is 1. The Bertz CT molecular complexity index is 615. The average Bonchev–Trinajstić information content (AvgIpc) is 2.62. The van der Waals surface area contributed by atoms with Gasteiger partial charge in [-0.15, -0.1) is 0 Å². The first-order valence-electron chi connectivity index (χ1n) is 6.92. The van der Waals surface area contributed by atoms with E-state index in [4.69, 9.17) is 4.74 Å². The molecule has 116 valence electrons. The van der Waals surface area contributed by atoms with Crippen molar-refractivity contribution in [2.75, 3.05) is 33.3 Å². The summed E-state index contributed by atoms with van der Waals surface area (Å²) in [4.78, 5) is 13.6. The van der Waals surface area contributed by atoms with Gasteiger partial charge in [-0.1, -0.05) is 6.07 Å². The second kappa shape index (κ2) is 6.44. The summed E-state index contributed by atoms with van der Waals surface area (Å²) >= 11 is 0. The highest BCUT2D eigenvalue weighted by molar-refractivity contribution is 7.89. The van der Waals surface area contributed by atoms with E-state index >= 15 is 0 Å². The largest absolute Gasteiger partial charge is 0.494 e. The van der Waals surface area contributed by atoms with Crippen LogP contribution in [0.15, 0.2) is 29.2 Å². The zero-order valence-corrected chi connectivity index (χ0v) is 13.1. The van der Waals surface area contributed by atoms with Crippen molar-refractivity contribution in [1.82, 2.24) is 9.21 Å². The van der Waals surface area contributed by atoms with Crippen molar-refractivity contribution >= 4 is 15.9 Å². The van der Waals surface area contributed by atoms with Crippen LogP contribution >= 0.6 is 0 Å². The molecular weight excluding hydrogens is 292 g/mol. The Kier molecular flexibility index (Phi) is 4.84. The van der Waals surface area contributed by atoms with Gasteiger partial charge in [0, 0.05) is 26.2 Å². The standard InChI is InChI=1S/C14H20N2O4S/c1-3-20-12-6-4-7-13(10-12)21(18,19)16-9-5-8-15(2)14(17)11-16/h4,6-7,10H,3,5,8-9,11H2,1-2H3. The van der Waals surface area contributed by atoms with E-state index in [0.29, 0.717) is 31.9 Å². The second-order valence-electron chi connectivity index (χ2n) is 4.92. The first kappa shape index (κ1) is 15.8. The number of likely N-dealkylation sites (N-methyl/N-ethyl adjacent to an activating group) is 1. The summed E-state index contributed by atoms with van der Waals surface area (Å²) in [7, 11) is -1.99. The first-order valence-corrected chi connectivity index (χ1v) is 8.36. The third kappa shape index (κ3) is 3.54. The Hall–Kier alpha value is -1.60. The highest BCUT2D eigenvalue weighted by Crippen LogP contribution is 2.22. The first-order chi connectivity index (χ1) is 9.95. The van der Waals surface area contributed by atoms with Crippen molar-refractivity contribution in [1.29, 1.82) is 0 Å². The van der Waals surface area contributed by atoms with Crippen molar-refractivity contribution in [2.45, 2.75) is 18.2 Å². The minimum Gasteiger partial charge on any atom is -0.494 e. The van der Waals surface area contributed by atoms with Gasteiger partial charge in [0.15, 0.2) is 0 Å². The van der Waals surface area contributed by atoms with Gasteiger partial charge in [0.25, 0.3) is 0 Å². The average molecular weight is 312 g/mol. The lowest BCUT2D eigenvalue weighted by Gasteiger charge is -2.19. The molecule has 0 saturated carbocycles. The van der Waals surface area contributed by atoms with Crippen LogP contribution < -0.4 is 4.74 Å². The van der Waals surface area contributed by atoms with Crippen molar-refractivity contribution in [2.24, 2.45) is 0 Å². The Morgan fingerprint density at radius 2 is 2.05 bits per heavy atom. The molecule has 1 heterocycles. The molecule has 0 N–H and O–H groups in total. The second-order valence-corrected chi connectivity index (χ2v) is 6.85. The fourth-order valence-corrected chi connectivity index (χ4v) is 3.67. The van der Waals surface area contributed by atoms with E-state index < -0.39 is 10.0 Å². The predicted molar refractivity (Wildman–Crippen MR) is 78.6 cm³/mol. The maximum atomic E-state index is 12.6. The fourth-order valence-electron chi connectivity index (χ4n) is 2.20. The number of hydrogen-bond acceptors (Lipinski definition) is 4. The van der Waals surface area contributed by atoms with Gasteiger partial charge in [0.2, 0.25) is 15.9 Å². The molecule has 0 unspecified atom stereocenters. The molecule has 1 saturated heterocycles. The number of carbonyl (C=O) groups is 1. The van der Waals surface area contributed by atoms with E-state index in [9.17, 15) is 13.2 Å². The minimum atomic E-state index is -3.68. The zero-order valence-electron chi connectivity index (χ0n) is 12.3. The van der Waals surface area contributed by atoms with Gasteiger partial charge in [0.05, 0.1) is 18.0 Å². The minimum absolute atomic E-state index is 0.113. The van der Waals surface area contributed by atoms with E-state index in [1.807, 2.05) is 6.92 Å². The van der Waals surface area contributed by atoms with Crippen molar-refractivity contribution < 1.29 is 17.9 Å². The number of carbonyl (C=O) groups excluding carboxylic acids is 1. The molecule has 0 aliphatic carbocycles. The highest BCUT2D eigenvalue weighted by Gasteiger charge is 2.29. The van der Waals surface area contributed by atoms with Gasteiger partial charge in [-0.3, -0.25) is 4.79 Å². The van der Waals surface area contributed by atoms with Crippen molar-refractivity contribution in [3.63, 3.8) is 0 Å². The molecule has 0 spiro atoms. The number of ether oxygens (including phenoxy) is 1. The van der Waals surface area contributed by atoms with Crippen LogP contribution in [0.2, 0.25) is 0 Å². The Balaban J connectivity index is 2.28. The van der Waals surface area contributed by atoms with E-state index in [2.05, 4.69) is 0 Å². The van der Waals surface area contributed by atoms with Crippen molar-refractivity contribution in [3.8, 4) is 5.75 Å². The van der Waals surface area contributed by atoms with Gasteiger partial charge in [-0.05, 0) is 25.5 Å². The Morgan fingerprint density at radius 1 is 1.29 bits per heavy atom. The van der Waals surface area contributed by atoms with E-state index in [0.717, 1.165) is 0 Å². The smallest absolute Gasteiger partial charge is 0.243 e. The maximum absolute atomic E-state index is 12.6. The summed E-state index contributed by atoms with van der Waals surface area (Å²) in [5, 5.41) is 0. The molecule has 2 rings (SSSR count). The summed E-state index contributed by atoms with van der Waals surface area (Å²) in [6.07, 6.45) is 0.632. The van der Waals surface area contributed by atoms with Gasteiger partial charge >= 0.3 is 0 Å². The number of sulfonamides is 1. The number of nitrogens with zero attached hydrogens (tertiary/aromatic N) is 2. The lowest BCUT2D eigenvalue weighted by molar-refractivity contribution is -0.129.